The normalized spacial score (nSPS) is 14.0. The average molecular weight is 450 g/mol. The Labute approximate surface area is 189 Å². The third-order valence-electron chi connectivity index (χ3n) is 5.23. The molecule has 170 valence electrons. The number of aromatic nitrogens is 4. The molecule has 5 rings (SSSR count). The van der Waals surface area contributed by atoms with Crippen molar-refractivity contribution in [1.82, 2.24) is 19.5 Å². The van der Waals surface area contributed by atoms with E-state index in [-0.39, 0.29) is 18.8 Å². The van der Waals surface area contributed by atoms with E-state index >= 15 is 0 Å². The Morgan fingerprint density at radius 2 is 1.91 bits per heavy atom. The Balaban J connectivity index is 1.40. The summed E-state index contributed by atoms with van der Waals surface area (Å²) in [7, 11) is 3.09. The SMILES string of the molecule is COc1cc(-c2ccc3c(O)n(-c4ccc(OCC5OCCO5)nc4)cc3n2)cnc1OC. The zero-order valence-electron chi connectivity index (χ0n) is 18.1. The van der Waals surface area contributed by atoms with Crippen molar-refractivity contribution in [3.8, 4) is 40.3 Å². The number of nitrogens with zero attached hydrogens (tertiary/aromatic N) is 4. The molecule has 1 aliphatic rings. The number of pyridine rings is 3. The highest BCUT2D eigenvalue weighted by molar-refractivity contribution is 5.87. The van der Waals surface area contributed by atoms with E-state index in [0.717, 1.165) is 5.56 Å². The number of aromatic hydroxyl groups is 1. The van der Waals surface area contributed by atoms with Crippen molar-refractivity contribution in [2.24, 2.45) is 0 Å². The van der Waals surface area contributed by atoms with Crippen molar-refractivity contribution in [1.29, 1.82) is 0 Å². The Hall–Kier alpha value is -3.89. The van der Waals surface area contributed by atoms with E-state index in [9.17, 15) is 5.11 Å². The Kier molecular flexibility index (Phi) is 5.68. The first-order valence-electron chi connectivity index (χ1n) is 10.3. The molecule has 5 heterocycles. The van der Waals surface area contributed by atoms with Crippen molar-refractivity contribution in [3.05, 3.63) is 48.9 Å². The van der Waals surface area contributed by atoms with Gasteiger partial charge in [0.25, 0.3) is 5.88 Å². The number of fused-ring (bicyclic) bond motifs is 1. The van der Waals surface area contributed by atoms with Crippen molar-refractivity contribution < 1.29 is 28.8 Å². The molecule has 0 spiro atoms. The van der Waals surface area contributed by atoms with E-state index in [1.54, 1.807) is 48.5 Å². The highest BCUT2D eigenvalue weighted by atomic mass is 16.7. The molecular formula is C23H22N4O6. The van der Waals surface area contributed by atoms with E-state index < -0.39 is 0 Å². The summed E-state index contributed by atoms with van der Waals surface area (Å²) in [6, 6.07) is 8.96. The lowest BCUT2D eigenvalue weighted by Crippen LogP contribution is -2.18. The van der Waals surface area contributed by atoms with Crippen LogP contribution in [0.2, 0.25) is 0 Å². The number of hydrogen-bond acceptors (Lipinski definition) is 9. The molecule has 0 aromatic carbocycles. The predicted octanol–water partition coefficient (Wildman–Crippen LogP) is 2.96. The maximum absolute atomic E-state index is 10.8. The van der Waals surface area contributed by atoms with Gasteiger partial charge in [0.1, 0.15) is 6.61 Å². The van der Waals surface area contributed by atoms with E-state index in [1.165, 1.54) is 7.11 Å². The topological polar surface area (TPSA) is 110 Å². The van der Waals surface area contributed by atoms with Gasteiger partial charge in [0.05, 0.1) is 55.9 Å². The van der Waals surface area contributed by atoms with Gasteiger partial charge in [0, 0.05) is 24.0 Å². The van der Waals surface area contributed by atoms with Gasteiger partial charge >= 0.3 is 0 Å². The van der Waals surface area contributed by atoms with E-state index in [2.05, 4.69) is 15.0 Å². The molecule has 10 nitrogen and oxygen atoms in total. The van der Waals surface area contributed by atoms with Crippen LogP contribution in [0, 0.1) is 0 Å². The van der Waals surface area contributed by atoms with Crippen LogP contribution in [-0.2, 0) is 9.47 Å². The molecule has 0 atom stereocenters. The summed E-state index contributed by atoms with van der Waals surface area (Å²) in [6.45, 7) is 1.40. The fourth-order valence-electron chi connectivity index (χ4n) is 3.56. The molecule has 33 heavy (non-hydrogen) atoms. The van der Waals surface area contributed by atoms with Crippen LogP contribution in [0.1, 0.15) is 0 Å². The van der Waals surface area contributed by atoms with Crippen LogP contribution in [0.25, 0.3) is 27.8 Å². The Morgan fingerprint density at radius 1 is 1.06 bits per heavy atom. The van der Waals surface area contributed by atoms with Crippen molar-refractivity contribution in [3.63, 3.8) is 0 Å². The second-order valence-electron chi connectivity index (χ2n) is 7.22. The molecule has 0 saturated carbocycles. The summed E-state index contributed by atoms with van der Waals surface area (Å²) in [5, 5.41) is 11.4. The largest absolute Gasteiger partial charge is 0.494 e. The molecule has 0 aliphatic carbocycles. The van der Waals surface area contributed by atoms with Crippen LogP contribution in [0.5, 0.6) is 23.4 Å². The van der Waals surface area contributed by atoms with Crippen LogP contribution in [0.4, 0.5) is 0 Å². The molecule has 0 amide bonds. The van der Waals surface area contributed by atoms with E-state index in [0.29, 0.717) is 53.0 Å². The van der Waals surface area contributed by atoms with Gasteiger partial charge in [-0.15, -0.1) is 0 Å². The van der Waals surface area contributed by atoms with Gasteiger partial charge < -0.3 is 28.8 Å². The van der Waals surface area contributed by atoms with Gasteiger partial charge in [-0.1, -0.05) is 0 Å². The zero-order valence-corrected chi connectivity index (χ0v) is 18.1. The second-order valence-corrected chi connectivity index (χ2v) is 7.22. The molecule has 1 saturated heterocycles. The van der Waals surface area contributed by atoms with E-state index in [1.807, 2.05) is 12.1 Å². The summed E-state index contributed by atoms with van der Waals surface area (Å²) in [5.41, 5.74) is 2.74. The third kappa shape index (κ3) is 4.13. The van der Waals surface area contributed by atoms with Crippen LogP contribution in [0.3, 0.4) is 0 Å². The summed E-state index contributed by atoms with van der Waals surface area (Å²) >= 11 is 0. The fourth-order valence-corrected chi connectivity index (χ4v) is 3.56. The Bertz CT molecular complexity index is 1270. The number of methoxy groups -OCH3 is 2. The lowest BCUT2D eigenvalue weighted by Gasteiger charge is -2.11. The summed E-state index contributed by atoms with van der Waals surface area (Å²) in [5.74, 6) is 1.42. The first-order valence-corrected chi connectivity index (χ1v) is 10.3. The minimum Gasteiger partial charge on any atom is -0.494 e. The minimum absolute atomic E-state index is 0.0673. The third-order valence-corrected chi connectivity index (χ3v) is 5.23. The number of ether oxygens (including phenoxy) is 5. The van der Waals surface area contributed by atoms with Crippen molar-refractivity contribution in [2.75, 3.05) is 34.0 Å². The molecule has 4 aromatic heterocycles. The molecule has 4 aromatic rings. The highest BCUT2D eigenvalue weighted by Crippen LogP contribution is 2.33. The van der Waals surface area contributed by atoms with Gasteiger partial charge in [-0.2, -0.15) is 0 Å². The molecule has 0 unspecified atom stereocenters. The highest BCUT2D eigenvalue weighted by Gasteiger charge is 2.17. The van der Waals surface area contributed by atoms with Gasteiger partial charge in [-0.25, -0.2) is 15.0 Å². The van der Waals surface area contributed by atoms with Crippen LogP contribution < -0.4 is 14.2 Å². The molecular weight excluding hydrogens is 428 g/mol. The first kappa shape index (κ1) is 21.0. The van der Waals surface area contributed by atoms with Crippen LogP contribution in [-0.4, -0.2) is 65.0 Å². The maximum Gasteiger partial charge on any atom is 0.256 e. The molecule has 0 bridgehead atoms. The second kappa shape index (κ2) is 8.93. The maximum atomic E-state index is 10.8. The molecule has 10 heteroatoms. The van der Waals surface area contributed by atoms with E-state index in [4.69, 9.17) is 23.7 Å². The van der Waals surface area contributed by atoms with Gasteiger partial charge in [0.15, 0.2) is 12.0 Å². The van der Waals surface area contributed by atoms with Gasteiger partial charge in [-0.05, 0) is 24.3 Å². The lowest BCUT2D eigenvalue weighted by molar-refractivity contribution is -0.0691. The number of hydrogen-bond donors (Lipinski definition) is 1. The van der Waals surface area contributed by atoms with Gasteiger partial charge in [-0.3, -0.25) is 4.57 Å². The monoisotopic (exact) mass is 450 g/mol. The molecule has 0 radical (unpaired) electrons. The van der Waals surface area contributed by atoms with Crippen LogP contribution in [0.15, 0.2) is 48.9 Å². The minimum atomic E-state index is -0.369. The fraction of sp³-hybridized carbons (Fsp3) is 0.261. The van der Waals surface area contributed by atoms with Crippen molar-refractivity contribution >= 4 is 10.9 Å². The molecule has 1 fully saturated rings. The van der Waals surface area contributed by atoms with Crippen LogP contribution >= 0.6 is 0 Å². The van der Waals surface area contributed by atoms with Gasteiger partial charge in [0.2, 0.25) is 11.8 Å². The number of rotatable bonds is 7. The first-order chi connectivity index (χ1) is 16.2. The predicted molar refractivity (Wildman–Crippen MR) is 118 cm³/mol. The summed E-state index contributed by atoms with van der Waals surface area (Å²) in [6.07, 6.45) is 4.66. The van der Waals surface area contributed by atoms with Crippen molar-refractivity contribution in [2.45, 2.75) is 6.29 Å². The summed E-state index contributed by atoms with van der Waals surface area (Å²) in [4.78, 5) is 13.3. The molecule has 1 aliphatic heterocycles. The lowest BCUT2D eigenvalue weighted by atomic mass is 10.1. The standard InChI is InChI=1S/C23H22N4O6/c1-29-19-9-14(10-25-22(19)30-2)17-5-4-16-18(26-17)12-27(23(16)28)15-3-6-20(24-11-15)33-13-21-31-7-8-32-21/h3-6,9-12,21,28H,7-8,13H2,1-2H3. The quantitative estimate of drug-likeness (QED) is 0.454. The Morgan fingerprint density at radius 3 is 2.64 bits per heavy atom. The summed E-state index contributed by atoms with van der Waals surface area (Å²) < 4.78 is 28.4. The smallest absolute Gasteiger partial charge is 0.256 e. The zero-order chi connectivity index (χ0) is 22.8. The average Bonchev–Trinajstić information content (AvgIpc) is 3.50. The molecule has 1 N–H and O–H groups in total.